The number of benzene rings is 1. The van der Waals surface area contributed by atoms with E-state index in [1.54, 1.807) is 0 Å². The highest BCUT2D eigenvalue weighted by molar-refractivity contribution is 7.10. The Morgan fingerprint density at radius 3 is 2.46 bits per heavy atom. The first-order valence-corrected chi connectivity index (χ1v) is 9.29. The van der Waals surface area contributed by atoms with Gasteiger partial charge in [-0.1, -0.05) is 35.9 Å². The topological polar surface area (TPSA) is 51.1 Å². The lowest BCUT2D eigenvalue weighted by Crippen LogP contribution is -2.35. The minimum atomic E-state index is -4.59. The lowest BCUT2D eigenvalue weighted by molar-refractivity contribution is -0.138. The predicted octanol–water partition coefficient (Wildman–Crippen LogP) is 4.14. The van der Waals surface area contributed by atoms with Crippen molar-refractivity contribution in [3.63, 3.8) is 0 Å². The third kappa shape index (κ3) is 4.69. The van der Waals surface area contributed by atoms with Crippen LogP contribution in [0.2, 0.25) is 0 Å². The molecule has 1 atom stereocenters. The Kier molecular flexibility index (Phi) is 5.69. The Bertz CT molecular complexity index is 1010. The third-order valence-corrected chi connectivity index (χ3v) is 5.11. The molecule has 1 N–H and O–H groups in total. The van der Waals surface area contributed by atoms with E-state index in [0.29, 0.717) is 12.3 Å². The van der Waals surface area contributed by atoms with Gasteiger partial charge in [0, 0.05) is 17.1 Å². The van der Waals surface area contributed by atoms with Crippen LogP contribution in [0.3, 0.4) is 0 Å². The number of aromatic nitrogens is 1. The molecule has 4 nitrogen and oxygen atoms in total. The van der Waals surface area contributed by atoms with Gasteiger partial charge in [-0.15, -0.1) is 11.3 Å². The average Bonchev–Trinajstić information content (AvgIpc) is 3.16. The summed E-state index contributed by atoms with van der Waals surface area (Å²) in [4.78, 5) is 25.3. The van der Waals surface area contributed by atoms with E-state index in [0.717, 1.165) is 26.6 Å². The lowest BCUT2D eigenvalue weighted by Gasteiger charge is -2.19. The molecule has 2 aromatic heterocycles. The second kappa shape index (κ2) is 8.02. The number of nitrogens with one attached hydrogen (secondary N) is 1. The fourth-order valence-electron chi connectivity index (χ4n) is 2.72. The van der Waals surface area contributed by atoms with Gasteiger partial charge in [0.1, 0.15) is 6.54 Å². The molecule has 3 rings (SSSR count). The highest BCUT2D eigenvalue weighted by atomic mass is 32.1. The number of thiophene rings is 1. The maximum atomic E-state index is 12.9. The molecule has 1 aromatic carbocycles. The SMILES string of the molecule is Cc1ccc(C(NC(=O)Cn2cc(C(F)(F)F)ccc2=O)c2cccs2)cc1. The first-order chi connectivity index (χ1) is 13.2. The molecule has 0 spiro atoms. The summed E-state index contributed by atoms with van der Waals surface area (Å²) >= 11 is 1.46. The number of amides is 1. The predicted molar refractivity (Wildman–Crippen MR) is 101 cm³/mol. The van der Waals surface area contributed by atoms with Crippen molar-refractivity contribution >= 4 is 17.2 Å². The number of alkyl halides is 3. The summed E-state index contributed by atoms with van der Waals surface area (Å²) in [6, 6.07) is 12.4. The summed E-state index contributed by atoms with van der Waals surface area (Å²) in [5, 5.41) is 4.69. The van der Waals surface area contributed by atoms with Gasteiger partial charge in [-0.2, -0.15) is 13.2 Å². The molecule has 3 aromatic rings. The number of hydrogen-bond acceptors (Lipinski definition) is 3. The van der Waals surface area contributed by atoms with Crippen molar-refractivity contribution in [1.82, 2.24) is 9.88 Å². The molecule has 0 aliphatic rings. The molecule has 0 saturated carbocycles. The van der Waals surface area contributed by atoms with Crippen LogP contribution in [0.25, 0.3) is 0 Å². The second-order valence-corrected chi connectivity index (χ2v) is 7.29. The maximum absolute atomic E-state index is 12.9. The van der Waals surface area contributed by atoms with Gasteiger partial charge in [0.25, 0.3) is 5.56 Å². The van der Waals surface area contributed by atoms with Gasteiger partial charge in [-0.25, -0.2) is 0 Å². The van der Waals surface area contributed by atoms with Crippen molar-refractivity contribution in [1.29, 1.82) is 0 Å². The minimum absolute atomic E-state index is 0.449. The minimum Gasteiger partial charge on any atom is -0.343 e. The average molecular weight is 406 g/mol. The van der Waals surface area contributed by atoms with Gasteiger partial charge in [-0.05, 0) is 30.0 Å². The smallest absolute Gasteiger partial charge is 0.343 e. The van der Waals surface area contributed by atoms with Crippen LogP contribution in [0.4, 0.5) is 13.2 Å². The van der Waals surface area contributed by atoms with Crippen molar-refractivity contribution in [2.45, 2.75) is 25.7 Å². The highest BCUT2D eigenvalue weighted by Gasteiger charge is 2.31. The molecule has 1 amide bonds. The molecular weight excluding hydrogens is 389 g/mol. The number of aryl methyl sites for hydroxylation is 1. The van der Waals surface area contributed by atoms with Crippen molar-refractivity contribution in [3.05, 3.63) is 92.0 Å². The molecule has 0 fully saturated rings. The summed E-state index contributed by atoms with van der Waals surface area (Å²) in [7, 11) is 0. The normalized spacial score (nSPS) is 12.6. The number of hydrogen-bond donors (Lipinski definition) is 1. The molecular formula is C20H17F3N2O2S. The van der Waals surface area contributed by atoms with Crippen LogP contribution >= 0.6 is 11.3 Å². The number of pyridine rings is 1. The van der Waals surface area contributed by atoms with Crippen LogP contribution < -0.4 is 10.9 Å². The molecule has 28 heavy (non-hydrogen) atoms. The quantitative estimate of drug-likeness (QED) is 0.692. The number of carbonyl (C=O) groups excluding carboxylic acids is 1. The molecule has 1 unspecified atom stereocenters. The zero-order chi connectivity index (χ0) is 20.3. The van der Waals surface area contributed by atoms with E-state index >= 15 is 0 Å². The first kappa shape index (κ1) is 19.9. The van der Waals surface area contributed by atoms with E-state index in [1.165, 1.54) is 11.3 Å². The van der Waals surface area contributed by atoms with Gasteiger partial charge in [0.05, 0.1) is 11.6 Å². The Balaban J connectivity index is 1.84. The zero-order valence-electron chi connectivity index (χ0n) is 14.9. The maximum Gasteiger partial charge on any atom is 0.417 e. The number of halogens is 3. The van der Waals surface area contributed by atoms with E-state index in [2.05, 4.69) is 5.32 Å². The van der Waals surface area contributed by atoms with Crippen molar-refractivity contribution in [2.24, 2.45) is 0 Å². The molecule has 146 valence electrons. The monoisotopic (exact) mass is 406 g/mol. The van der Waals surface area contributed by atoms with Crippen LogP contribution in [-0.4, -0.2) is 10.5 Å². The molecule has 0 radical (unpaired) electrons. The Morgan fingerprint density at radius 2 is 1.86 bits per heavy atom. The molecule has 0 saturated heterocycles. The second-order valence-electron chi connectivity index (χ2n) is 6.31. The molecule has 8 heteroatoms. The standard InChI is InChI=1S/C20H17F3N2O2S/c1-13-4-6-14(7-5-13)19(16-3-2-10-28-16)24-17(26)12-25-11-15(20(21,22)23)8-9-18(25)27/h2-11,19H,12H2,1H3,(H,24,26). The van der Waals surface area contributed by atoms with E-state index in [4.69, 9.17) is 0 Å². The van der Waals surface area contributed by atoms with Gasteiger partial charge in [0.2, 0.25) is 5.91 Å². The highest BCUT2D eigenvalue weighted by Crippen LogP contribution is 2.28. The summed E-state index contributed by atoms with van der Waals surface area (Å²) < 4.78 is 39.4. The van der Waals surface area contributed by atoms with Gasteiger partial charge in [-0.3, -0.25) is 9.59 Å². The number of nitrogens with zero attached hydrogens (tertiary/aromatic N) is 1. The summed E-state index contributed by atoms with van der Waals surface area (Å²) in [6.07, 6.45) is -3.93. The Hall–Kier alpha value is -2.87. The van der Waals surface area contributed by atoms with Crippen molar-refractivity contribution in [3.8, 4) is 0 Å². The van der Waals surface area contributed by atoms with E-state index in [-0.39, 0.29) is 0 Å². The van der Waals surface area contributed by atoms with Crippen LogP contribution in [0, 0.1) is 6.92 Å². The van der Waals surface area contributed by atoms with E-state index in [1.807, 2.05) is 48.7 Å². The largest absolute Gasteiger partial charge is 0.417 e. The van der Waals surface area contributed by atoms with E-state index in [9.17, 15) is 22.8 Å². The summed E-state index contributed by atoms with van der Waals surface area (Å²) in [5.74, 6) is -0.555. The van der Waals surface area contributed by atoms with Crippen LogP contribution in [0.1, 0.15) is 27.6 Å². The summed E-state index contributed by atoms with van der Waals surface area (Å²) in [5.41, 5.74) is 0.257. The zero-order valence-corrected chi connectivity index (χ0v) is 15.7. The van der Waals surface area contributed by atoms with Crippen LogP contribution in [0.5, 0.6) is 0 Å². The Morgan fingerprint density at radius 1 is 1.14 bits per heavy atom. The van der Waals surface area contributed by atoms with Crippen LogP contribution in [0.15, 0.2) is 64.9 Å². The van der Waals surface area contributed by atoms with Gasteiger partial charge in [0.15, 0.2) is 0 Å². The van der Waals surface area contributed by atoms with Crippen molar-refractivity contribution in [2.75, 3.05) is 0 Å². The number of rotatable bonds is 5. The third-order valence-electron chi connectivity index (χ3n) is 4.17. The van der Waals surface area contributed by atoms with Gasteiger partial charge >= 0.3 is 6.18 Å². The lowest BCUT2D eigenvalue weighted by atomic mass is 10.0. The Labute approximate surface area is 163 Å². The fourth-order valence-corrected chi connectivity index (χ4v) is 3.52. The first-order valence-electron chi connectivity index (χ1n) is 8.41. The fraction of sp³-hybridized carbons (Fsp3) is 0.200. The van der Waals surface area contributed by atoms with Gasteiger partial charge < -0.3 is 9.88 Å². The van der Waals surface area contributed by atoms with Crippen molar-refractivity contribution < 1.29 is 18.0 Å². The van der Waals surface area contributed by atoms with Crippen LogP contribution in [-0.2, 0) is 17.5 Å². The summed E-state index contributed by atoms with van der Waals surface area (Å²) in [6.45, 7) is 1.44. The molecule has 0 aliphatic heterocycles. The molecule has 0 bridgehead atoms. The molecule has 2 heterocycles. The number of carbonyl (C=O) groups is 1. The van der Waals surface area contributed by atoms with E-state index < -0.39 is 35.8 Å². The molecule has 0 aliphatic carbocycles.